The van der Waals surface area contributed by atoms with E-state index in [2.05, 4.69) is 15.5 Å². The van der Waals surface area contributed by atoms with Gasteiger partial charge in [-0.15, -0.1) is 0 Å². The van der Waals surface area contributed by atoms with Crippen molar-refractivity contribution in [3.05, 3.63) is 18.2 Å². The topological polar surface area (TPSA) is 98.8 Å². The Morgan fingerprint density at radius 3 is 2.18 bits per heavy atom. The molecule has 2 aliphatic heterocycles. The van der Waals surface area contributed by atoms with Gasteiger partial charge in [-0.2, -0.15) is 4.31 Å². The molecule has 1 aromatic rings. The average molecular weight is 407 g/mol. The predicted molar refractivity (Wildman–Crippen MR) is 106 cm³/mol. The van der Waals surface area contributed by atoms with Crippen molar-refractivity contribution < 1.29 is 18.0 Å². The molecule has 1 saturated heterocycles. The maximum absolute atomic E-state index is 13.1. The Hall–Kier alpha value is -1.97. The molecule has 28 heavy (non-hydrogen) atoms. The van der Waals surface area contributed by atoms with Crippen LogP contribution >= 0.6 is 0 Å². The van der Waals surface area contributed by atoms with Gasteiger partial charge in [-0.05, 0) is 31.0 Å². The van der Waals surface area contributed by atoms with Gasteiger partial charge < -0.3 is 10.6 Å². The number of benzene rings is 1. The standard InChI is InChI=1S/C19H26N4O4S/c24-18-13-19(25)21-17-12-15(6-7-16(17)20-18)28(26,27)23-10-8-22(9-11-23)14-4-2-1-3-5-14/h6-7,12,14H,1-5,8-11,13H2,(H,20,24)(H,21,25). The summed E-state index contributed by atoms with van der Waals surface area (Å²) in [6, 6.07) is 5.04. The minimum Gasteiger partial charge on any atom is -0.324 e. The van der Waals surface area contributed by atoms with Crippen LogP contribution in [0.25, 0.3) is 0 Å². The zero-order valence-electron chi connectivity index (χ0n) is 15.8. The van der Waals surface area contributed by atoms with Crippen LogP contribution in [0.1, 0.15) is 38.5 Å². The summed E-state index contributed by atoms with van der Waals surface area (Å²) in [5, 5.41) is 5.22. The van der Waals surface area contributed by atoms with Crippen molar-refractivity contribution in [3.8, 4) is 0 Å². The molecule has 1 aliphatic carbocycles. The molecule has 0 bridgehead atoms. The van der Waals surface area contributed by atoms with Gasteiger partial charge in [0.1, 0.15) is 6.42 Å². The number of nitrogens with zero attached hydrogens (tertiary/aromatic N) is 2. The molecule has 2 N–H and O–H groups in total. The number of anilines is 2. The predicted octanol–water partition coefficient (Wildman–Crippen LogP) is 1.61. The van der Waals surface area contributed by atoms with Gasteiger partial charge in [-0.1, -0.05) is 19.3 Å². The zero-order valence-corrected chi connectivity index (χ0v) is 16.6. The second kappa shape index (κ2) is 7.81. The lowest BCUT2D eigenvalue weighted by atomic mass is 9.94. The highest BCUT2D eigenvalue weighted by Crippen LogP contribution is 2.30. The summed E-state index contributed by atoms with van der Waals surface area (Å²) in [5.41, 5.74) is 0.731. The van der Waals surface area contributed by atoms with Crippen molar-refractivity contribution in [2.24, 2.45) is 0 Å². The molecule has 0 spiro atoms. The maximum atomic E-state index is 13.1. The van der Waals surface area contributed by atoms with Crippen molar-refractivity contribution in [2.75, 3.05) is 36.8 Å². The number of amides is 2. The van der Waals surface area contributed by atoms with E-state index in [0.717, 1.165) is 13.1 Å². The molecule has 1 aromatic carbocycles. The number of piperazine rings is 1. The van der Waals surface area contributed by atoms with Crippen molar-refractivity contribution in [1.82, 2.24) is 9.21 Å². The minimum atomic E-state index is -3.65. The third kappa shape index (κ3) is 3.92. The fourth-order valence-electron chi connectivity index (χ4n) is 4.34. The van der Waals surface area contributed by atoms with Crippen LogP contribution in [-0.4, -0.2) is 61.7 Å². The first-order chi connectivity index (χ1) is 13.4. The van der Waals surface area contributed by atoms with E-state index in [1.807, 2.05) is 0 Å². The van der Waals surface area contributed by atoms with Gasteiger partial charge in [0.15, 0.2) is 0 Å². The number of fused-ring (bicyclic) bond motifs is 1. The number of hydrogen-bond acceptors (Lipinski definition) is 5. The molecule has 3 aliphatic rings. The summed E-state index contributed by atoms with van der Waals surface area (Å²) in [7, 11) is -3.65. The minimum absolute atomic E-state index is 0.133. The van der Waals surface area contributed by atoms with Crippen molar-refractivity contribution >= 4 is 33.2 Å². The van der Waals surface area contributed by atoms with Crippen molar-refractivity contribution in [2.45, 2.75) is 49.5 Å². The highest BCUT2D eigenvalue weighted by atomic mass is 32.2. The van der Waals surface area contributed by atoms with Crippen molar-refractivity contribution in [3.63, 3.8) is 0 Å². The zero-order chi connectivity index (χ0) is 19.7. The molecular weight excluding hydrogens is 380 g/mol. The van der Waals surface area contributed by atoms with Crippen LogP contribution in [0.5, 0.6) is 0 Å². The fourth-order valence-corrected chi connectivity index (χ4v) is 5.78. The lowest BCUT2D eigenvalue weighted by Crippen LogP contribution is -2.52. The van der Waals surface area contributed by atoms with E-state index in [0.29, 0.717) is 30.5 Å². The van der Waals surface area contributed by atoms with Gasteiger partial charge in [-0.3, -0.25) is 14.5 Å². The van der Waals surface area contributed by atoms with Gasteiger partial charge in [0.2, 0.25) is 21.8 Å². The summed E-state index contributed by atoms with van der Waals surface area (Å²) in [4.78, 5) is 26.0. The van der Waals surface area contributed by atoms with Crippen LogP contribution in [0.15, 0.2) is 23.1 Å². The molecule has 4 rings (SSSR count). The Kier molecular flexibility index (Phi) is 5.39. The Labute approximate surface area is 165 Å². The number of sulfonamides is 1. The summed E-state index contributed by atoms with van der Waals surface area (Å²) < 4.78 is 27.7. The third-order valence-electron chi connectivity index (χ3n) is 5.86. The first kappa shape index (κ1) is 19.4. The van der Waals surface area contributed by atoms with Crippen LogP contribution in [-0.2, 0) is 19.6 Å². The van der Waals surface area contributed by atoms with E-state index in [-0.39, 0.29) is 11.3 Å². The summed E-state index contributed by atoms with van der Waals surface area (Å²) in [5.74, 6) is -0.863. The van der Waals surface area contributed by atoms with E-state index in [4.69, 9.17) is 0 Å². The molecule has 2 amide bonds. The molecule has 0 unspecified atom stereocenters. The summed E-state index contributed by atoms with van der Waals surface area (Å²) in [6.45, 7) is 2.45. The van der Waals surface area contributed by atoms with E-state index in [1.165, 1.54) is 54.6 Å². The first-order valence-electron chi connectivity index (χ1n) is 9.91. The van der Waals surface area contributed by atoms with Crippen LogP contribution in [0, 0.1) is 0 Å². The van der Waals surface area contributed by atoms with Crippen LogP contribution in [0.4, 0.5) is 11.4 Å². The molecule has 2 fully saturated rings. The molecule has 0 atom stereocenters. The SMILES string of the molecule is O=C1CC(=O)Nc2cc(S(=O)(=O)N3CCN(C4CCCCC4)CC3)ccc2N1. The number of carbonyl (C=O) groups is 2. The number of nitrogens with one attached hydrogen (secondary N) is 2. The lowest BCUT2D eigenvalue weighted by Gasteiger charge is -2.40. The largest absolute Gasteiger partial charge is 0.324 e. The molecule has 9 heteroatoms. The molecule has 0 radical (unpaired) electrons. The highest BCUT2D eigenvalue weighted by molar-refractivity contribution is 7.89. The van der Waals surface area contributed by atoms with Crippen molar-refractivity contribution in [1.29, 1.82) is 0 Å². The maximum Gasteiger partial charge on any atom is 0.243 e. The Morgan fingerprint density at radius 2 is 1.50 bits per heavy atom. The van der Waals surface area contributed by atoms with Gasteiger partial charge >= 0.3 is 0 Å². The van der Waals surface area contributed by atoms with Gasteiger partial charge in [0, 0.05) is 32.2 Å². The number of hydrogen-bond donors (Lipinski definition) is 2. The monoisotopic (exact) mass is 406 g/mol. The van der Waals surface area contributed by atoms with E-state index >= 15 is 0 Å². The second-order valence-corrected chi connectivity index (χ2v) is 9.65. The van der Waals surface area contributed by atoms with Gasteiger partial charge in [0.05, 0.1) is 16.3 Å². The lowest BCUT2D eigenvalue weighted by molar-refractivity contribution is -0.123. The van der Waals surface area contributed by atoms with Crippen LogP contribution in [0.3, 0.4) is 0 Å². The van der Waals surface area contributed by atoms with Gasteiger partial charge in [0.25, 0.3) is 0 Å². The fraction of sp³-hybridized carbons (Fsp3) is 0.579. The third-order valence-corrected chi connectivity index (χ3v) is 7.76. The Balaban J connectivity index is 1.48. The molecule has 0 aromatic heterocycles. The number of rotatable bonds is 3. The molecule has 8 nitrogen and oxygen atoms in total. The second-order valence-electron chi connectivity index (χ2n) is 7.71. The molecule has 2 heterocycles. The summed E-state index contributed by atoms with van der Waals surface area (Å²) in [6.07, 6.45) is 5.98. The molecule has 152 valence electrons. The van der Waals surface area contributed by atoms with Crippen LogP contribution < -0.4 is 10.6 Å². The highest BCUT2D eigenvalue weighted by Gasteiger charge is 2.32. The normalized spacial score (nSPS) is 22.9. The molecule has 1 saturated carbocycles. The molecular formula is C19H26N4O4S. The Morgan fingerprint density at radius 1 is 0.857 bits per heavy atom. The van der Waals surface area contributed by atoms with E-state index < -0.39 is 21.8 Å². The average Bonchev–Trinajstić information content (AvgIpc) is 2.84. The van der Waals surface area contributed by atoms with E-state index in [1.54, 1.807) is 0 Å². The Bertz CT molecular complexity index is 872. The smallest absolute Gasteiger partial charge is 0.243 e. The van der Waals surface area contributed by atoms with E-state index in [9.17, 15) is 18.0 Å². The quantitative estimate of drug-likeness (QED) is 0.743. The van der Waals surface area contributed by atoms with Crippen LogP contribution in [0.2, 0.25) is 0 Å². The number of carbonyl (C=O) groups excluding carboxylic acids is 2. The first-order valence-corrected chi connectivity index (χ1v) is 11.4. The summed E-state index contributed by atoms with van der Waals surface area (Å²) >= 11 is 0. The van der Waals surface area contributed by atoms with Gasteiger partial charge in [-0.25, -0.2) is 8.42 Å².